The van der Waals surface area contributed by atoms with E-state index in [-0.39, 0.29) is 4.90 Å². The van der Waals surface area contributed by atoms with E-state index in [4.69, 9.17) is 4.74 Å². The number of fused-ring (bicyclic) bond motifs is 2. The predicted molar refractivity (Wildman–Crippen MR) is 144 cm³/mol. The van der Waals surface area contributed by atoms with Gasteiger partial charge in [-0.25, -0.2) is 17.4 Å². The van der Waals surface area contributed by atoms with Gasteiger partial charge in [0.1, 0.15) is 4.90 Å². The minimum atomic E-state index is -3.94. The van der Waals surface area contributed by atoms with E-state index in [0.717, 1.165) is 42.7 Å². The number of aromatic nitrogens is 4. The van der Waals surface area contributed by atoms with Crippen LogP contribution in [-0.2, 0) is 14.8 Å². The van der Waals surface area contributed by atoms with Gasteiger partial charge in [-0.2, -0.15) is 4.98 Å². The van der Waals surface area contributed by atoms with E-state index >= 15 is 0 Å². The van der Waals surface area contributed by atoms with Crippen LogP contribution in [0.2, 0.25) is 0 Å². The van der Waals surface area contributed by atoms with E-state index in [1.54, 1.807) is 43.8 Å². The van der Waals surface area contributed by atoms with Gasteiger partial charge in [-0.1, -0.05) is 18.2 Å². The molecule has 1 aliphatic rings. The third-order valence-corrected chi connectivity index (χ3v) is 8.49. The zero-order valence-electron chi connectivity index (χ0n) is 20.3. The average molecular weight is 515 g/mol. The largest absolute Gasteiger partial charge is 0.381 e. The summed E-state index contributed by atoms with van der Waals surface area (Å²) < 4.78 is 34.0. The number of ether oxygens (including phenoxy) is 1. The Bertz CT molecular complexity index is 1670. The maximum absolute atomic E-state index is 13.6. The van der Waals surface area contributed by atoms with Crippen molar-refractivity contribution >= 4 is 49.3 Å². The van der Waals surface area contributed by atoms with Crippen molar-refractivity contribution in [2.45, 2.75) is 23.8 Å². The van der Waals surface area contributed by atoms with Gasteiger partial charge in [-0.05, 0) is 55.3 Å². The molecule has 37 heavy (non-hydrogen) atoms. The number of benzene rings is 2. The number of methoxy groups -OCH3 is 1. The number of nitrogens with zero attached hydrogens (tertiary/aromatic N) is 5. The molecule has 0 radical (unpaired) electrons. The smallest absolute Gasteiger partial charge is 0.271 e. The Morgan fingerprint density at radius 2 is 1.73 bits per heavy atom. The Labute approximate surface area is 214 Å². The fourth-order valence-corrected chi connectivity index (χ4v) is 6.25. The fourth-order valence-electron chi connectivity index (χ4n) is 4.77. The third kappa shape index (κ3) is 4.38. The zero-order chi connectivity index (χ0) is 25.4. The zero-order valence-corrected chi connectivity index (χ0v) is 21.1. The first-order valence-electron chi connectivity index (χ1n) is 12.1. The lowest BCUT2D eigenvalue weighted by Gasteiger charge is -2.33. The number of para-hydroxylation sites is 1. The number of anilines is 3. The van der Waals surface area contributed by atoms with Crippen LogP contribution in [0.1, 0.15) is 12.8 Å². The molecule has 188 valence electrons. The summed E-state index contributed by atoms with van der Waals surface area (Å²) in [5.74, 6) is 0.312. The van der Waals surface area contributed by atoms with E-state index in [2.05, 4.69) is 37.3 Å². The molecule has 0 spiro atoms. The number of hydrogen-bond donors (Lipinski definition) is 1. The molecule has 6 rings (SSSR count). The van der Waals surface area contributed by atoms with Crippen molar-refractivity contribution in [3.8, 4) is 0 Å². The van der Waals surface area contributed by atoms with Gasteiger partial charge in [0.15, 0.2) is 5.65 Å². The molecule has 9 nitrogen and oxygen atoms in total. The minimum Gasteiger partial charge on any atom is -0.381 e. The summed E-state index contributed by atoms with van der Waals surface area (Å²) in [7, 11) is -2.17. The highest BCUT2D eigenvalue weighted by molar-refractivity contribution is 7.90. The summed E-state index contributed by atoms with van der Waals surface area (Å²) in [5, 5.41) is 4.57. The molecular weight excluding hydrogens is 488 g/mol. The van der Waals surface area contributed by atoms with Gasteiger partial charge in [0.2, 0.25) is 5.95 Å². The van der Waals surface area contributed by atoms with E-state index in [1.165, 1.54) is 10.2 Å². The second-order valence-corrected chi connectivity index (χ2v) is 10.8. The monoisotopic (exact) mass is 514 g/mol. The molecule has 0 amide bonds. The van der Waals surface area contributed by atoms with E-state index in [1.807, 2.05) is 24.3 Å². The minimum absolute atomic E-state index is 0.126. The first-order valence-corrected chi connectivity index (χ1v) is 13.6. The maximum Gasteiger partial charge on any atom is 0.271 e. The fraction of sp³-hybridized carbons (Fsp3) is 0.222. The van der Waals surface area contributed by atoms with Gasteiger partial charge in [-0.15, -0.1) is 0 Å². The molecule has 2 aromatic carbocycles. The molecule has 10 heteroatoms. The molecule has 4 heterocycles. The van der Waals surface area contributed by atoms with Crippen LogP contribution in [0.25, 0.3) is 21.9 Å². The number of rotatable bonds is 6. The summed E-state index contributed by atoms with van der Waals surface area (Å²) in [6, 6.07) is 18.5. The van der Waals surface area contributed by atoms with Crippen molar-refractivity contribution in [3.05, 3.63) is 79.3 Å². The Hall–Kier alpha value is -4.02. The van der Waals surface area contributed by atoms with Crippen LogP contribution in [-0.4, -0.2) is 53.6 Å². The Morgan fingerprint density at radius 3 is 2.51 bits per heavy atom. The van der Waals surface area contributed by atoms with Crippen LogP contribution in [0.4, 0.5) is 17.3 Å². The van der Waals surface area contributed by atoms with Gasteiger partial charge in [0.25, 0.3) is 10.0 Å². The lowest BCUT2D eigenvalue weighted by Crippen LogP contribution is -2.36. The first-order chi connectivity index (χ1) is 18.0. The molecule has 0 unspecified atom stereocenters. The molecule has 0 saturated carbocycles. The summed E-state index contributed by atoms with van der Waals surface area (Å²) in [4.78, 5) is 15.7. The predicted octanol–water partition coefficient (Wildman–Crippen LogP) is 4.58. The number of piperidine rings is 1. The van der Waals surface area contributed by atoms with Crippen LogP contribution < -0.4 is 10.2 Å². The first kappa shape index (κ1) is 23.4. The lowest BCUT2D eigenvalue weighted by molar-refractivity contribution is 0.0819. The second kappa shape index (κ2) is 9.45. The normalized spacial score (nSPS) is 14.9. The Kier molecular flexibility index (Phi) is 5.97. The van der Waals surface area contributed by atoms with Crippen molar-refractivity contribution in [2.75, 3.05) is 30.4 Å². The molecular formula is C27H26N6O3S. The standard InChI is InChI=1S/C27H26N6O3S/c1-36-23-12-15-32(16-13-23)22-9-7-21(8-10-22)30-27-29-18-20-11-17-33(26(20)31-27)37(34,35)24-6-2-4-19-5-3-14-28-25(19)24/h2-11,14,17-18,23H,12-13,15-16H2,1H3,(H,29,30,31). The molecule has 1 fully saturated rings. The molecule has 0 bridgehead atoms. The maximum atomic E-state index is 13.6. The average Bonchev–Trinajstić information content (AvgIpc) is 3.37. The summed E-state index contributed by atoms with van der Waals surface area (Å²) in [6.07, 6.45) is 7.08. The summed E-state index contributed by atoms with van der Waals surface area (Å²) >= 11 is 0. The molecule has 1 saturated heterocycles. The van der Waals surface area contributed by atoms with Gasteiger partial charge in [-0.3, -0.25) is 4.98 Å². The molecule has 1 aliphatic heterocycles. The van der Waals surface area contributed by atoms with Crippen molar-refractivity contribution in [1.82, 2.24) is 18.9 Å². The highest BCUT2D eigenvalue weighted by Gasteiger charge is 2.23. The van der Waals surface area contributed by atoms with Crippen LogP contribution in [0, 0.1) is 0 Å². The molecule has 3 aromatic heterocycles. The van der Waals surface area contributed by atoms with Gasteiger partial charge in [0, 0.05) is 60.9 Å². The third-order valence-electron chi connectivity index (χ3n) is 6.79. The number of pyridine rings is 1. The molecule has 0 atom stereocenters. The molecule has 1 N–H and O–H groups in total. The highest BCUT2D eigenvalue weighted by atomic mass is 32.2. The van der Waals surface area contributed by atoms with Crippen LogP contribution >= 0.6 is 0 Å². The van der Waals surface area contributed by atoms with Crippen LogP contribution in [0.3, 0.4) is 0 Å². The van der Waals surface area contributed by atoms with Gasteiger partial charge in [0.05, 0.1) is 11.6 Å². The topological polar surface area (TPSA) is 102 Å². The Balaban J connectivity index is 1.27. The molecule has 5 aromatic rings. The lowest BCUT2D eigenvalue weighted by atomic mass is 10.1. The number of hydrogen-bond acceptors (Lipinski definition) is 8. The second-order valence-electron chi connectivity index (χ2n) is 9.01. The van der Waals surface area contributed by atoms with E-state index in [9.17, 15) is 8.42 Å². The van der Waals surface area contributed by atoms with E-state index in [0.29, 0.717) is 28.6 Å². The quantitative estimate of drug-likeness (QED) is 0.351. The van der Waals surface area contributed by atoms with E-state index < -0.39 is 10.0 Å². The summed E-state index contributed by atoms with van der Waals surface area (Å²) in [5.41, 5.74) is 2.68. The Morgan fingerprint density at radius 1 is 0.946 bits per heavy atom. The summed E-state index contributed by atoms with van der Waals surface area (Å²) in [6.45, 7) is 1.92. The van der Waals surface area contributed by atoms with Crippen LogP contribution in [0.15, 0.2) is 84.1 Å². The number of nitrogens with one attached hydrogen (secondary N) is 1. The molecule has 0 aliphatic carbocycles. The van der Waals surface area contributed by atoms with Crippen LogP contribution in [0.5, 0.6) is 0 Å². The van der Waals surface area contributed by atoms with Crippen molar-refractivity contribution in [3.63, 3.8) is 0 Å². The van der Waals surface area contributed by atoms with Gasteiger partial charge >= 0.3 is 0 Å². The van der Waals surface area contributed by atoms with Crippen molar-refractivity contribution in [2.24, 2.45) is 0 Å². The van der Waals surface area contributed by atoms with Crippen molar-refractivity contribution in [1.29, 1.82) is 0 Å². The SMILES string of the molecule is COC1CCN(c2ccc(Nc3ncc4ccn(S(=O)(=O)c5cccc6cccnc56)c4n3)cc2)CC1. The highest BCUT2D eigenvalue weighted by Crippen LogP contribution is 2.27. The van der Waals surface area contributed by atoms with Crippen molar-refractivity contribution < 1.29 is 13.2 Å². The van der Waals surface area contributed by atoms with Gasteiger partial charge < -0.3 is 15.0 Å².